The number of epoxide rings is 1. The second kappa shape index (κ2) is 15.7. The Morgan fingerprint density at radius 3 is 0.831 bits per heavy atom. The van der Waals surface area contributed by atoms with Crippen molar-refractivity contribution < 1.29 is 136 Å². The molecule has 3 saturated carbocycles. The van der Waals surface area contributed by atoms with Crippen LogP contribution in [-0.2, 0) is 157 Å². The number of ether oxygens (including phenoxy) is 1. The number of benzene rings is 4. The maximum atomic E-state index is 8.21. The molecule has 5 heteroatoms. The van der Waals surface area contributed by atoms with Crippen LogP contribution >= 0.6 is 0 Å². The van der Waals surface area contributed by atoms with E-state index in [1.54, 1.807) is 22.3 Å². The van der Waals surface area contributed by atoms with Crippen LogP contribution in [0.25, 0.3) is 0 Å². The maximum absolute atomic E-state index is 8.21. The minimum Gasteiger partial charge on any atom is -0.352 e. The SMILES string of the molecule is CC1[C@@H](C)C23OC24C2=C5C6=C4C(c4cc[c-]cc4)(C(C)C3C)[C@@H](C)C(C)C6(c3cc[c-]cc3)[C@@H](C)C(C)C5(c3cc[c-]cc3)[C@@H](C)[C@@H](C)C21c1cc[c-]cc1.[Y].[Y].[Y].[Y]. The molecule has 11 rings (SSSR count). The topological polar surface area (TPSA) is 12.5 Å². The van der Waals surface area contributed by atoms with E-state index in [0.29, 0.717) is 59.2 Å². The number of rotatable bonds is 4. The van der Waals surface area contributed by atoms with Crippen LogP contribution in [0.5, 0.6) is 0 Å². The molecule has 59 heavy (non-hydrogen) atoms. The van der Waals surface area contributed by atoms with Crippen LogP contribution in [0.2, 0.25) is 0 Å². The molecule has 1 spiro atoms. The summed E-state index contributed by atoms with van der Waals surface area (Å²) in [7, 11) is 0. The molecule has 4 aromatic rings. The van der Waals surface area contributed by atoms with Crippen LogP contribution in [0, 0.1) is 83.4 Å². The molecule has 1 aliphatic heterocycles. The second-order valence-corrected chi connectivity index (χ2v) is 19.6. The standard InChI is InChI=1S/C54H56O.4Y/c1-31-32(2)50(42-25-17-12-18-26-42)34(4)36(6)52(44-29-21-14-22-30-44)38(8)40(10)53-39(9)37(7)51(43-27-19-13-20-28-43)35(5)33(3)49(31,41-23-15-11-16-24-41)45-46(50)48(52)54(53,55-53)47(45)51;;;;/h15-40H,1-10H3;;;;/q-4;;;;/t31-,32?,33?,34-,35-,36+,37?,38?,39?,40+,49?,50?,51?,52?,53?,54?;;;;/m0..../s1. The van der Waals surface area contributed by atoms with Gasteiger partial charge in [0.2, 0.25) is 0 Å². The van der Waals surface area contributed by atoms with Crippen LogP contribution < -0.4 is 0 Å². The van der Waals surface area contributed by atoms with Crippen molar-refractivity contribution in [3.63, 3.8) is 0 Å². The maximum Gasteiger partial charge on any atom is 0.143 e. The van der Waals surface area contributed by atoms with Crippen molar-refractivity contribution in [3.8, 4) is 0 Å². The Labute approximate surface area is 456 Å². The van der Waals surface area contributed by atoms with E-state index in [0.717, 1.165) is 0 Å². The second-order valence-electron chi connectivity index (χ2n) is 19.6. The molecular weight excluding hydrogens is 1020 g/mol. The largest absolute Gasteiger partial charge is 0.352 e. The summed E-state index contributed by atoms with van der Waals surface area (Å²) < 4.78 is 8.21. The normalized spacial score (nSPS) is 45.1. The van der Waals surface area contributed by atoms with Gasteiger partial charge in [0.15, 0.2) is 0 Å². The van der Waals surface area contributed by atoms with Gasteiger partial charge in [-0.2, -0.15) is 121 Å². The average Bonchev–Trinajstić information content (AvgIpc) is 3.85. The average molecular weight is 1080 g/mol. The van der Waals surface area contributed by atoms with Crippen molar-refractivity contribution >= 4 is 0 Å². The van der Waals surface area contributed by atoms with Crippen LogP contribution in [-0.4, -0.2) is 11.2 Å². The van der Waals surface area contributed by atoms with E-state index in [1.807, 2.05) is 0 Å². The number of hydrogen-bond acceptors (Lipinski definition) is 1. The summed E-state index contributed by atoms with van der Waals surface area (Å²) in [5.74, 6) is 3.57. The summed E-state index contributed by atoms with van der Waals surface area (Å²) in [5.41, 5.74) is 10.8. The van der Waals surface area contributed by atoms with Gasteiger partial charge >= 0.3 is 0 Å². The molecule has 1 nitrogen and oxygen atoms in total. The molecule has 0 N–H and O–H groups in total. The Balaban J connectivity index is 0.00000132. The zero-order valence-electron chi connectivity index (χ0n) is 36.7. The van der Waals surface area contributed by atoms with Crippen LogP contribution in [0.15, 0.2) is 119 Å². The summed E-state index contributed by atoms with van der Waals surface area (Å²) >= 11 is 0. The predicted octanol–water partition coefficient (Wildman–Crippen LogP) is 11.5. The van der Waals surface area contributed by atoms with E-state index in [4.69, 9.17) is 4.74 Å². The minimum absolute atomic E-state index is 0. The van der Waals surface area contributed by atoms with Gasteiger partial charge in [-0.05, 0) is 81.5 Å². The summed E-state index contributed by atoms with van der Waals surface area (Å²) in [5, 5.41) is 0. The molecule has 0 aromatic heterocycles. The van der Waals surface area contributed by atoms with Gasteiger partial charge in [0, 0.05) is 152 Å². The molecular formula is C54H56OY4-4. The predicted molar refractivity (Wildman–Crippen MR) is 220 cm³/mol. The summed E-state index contributed by atoms with van der Waals surface area (Å²) in [6, 6.07) is 50.8. The Kier molecular flexibility index (Phi) is 12.7. The fourth-order valence-electron chi connectivity index (χ4n) is 17.2. The van der Waals surface area contributed by atoms with Crippen LogP contribution in [0.1, 0.15) is 91.5 Å². The van der Waals surface area contributed by atoms with Crippen molar-refractivity contribution in [2.45, 2.75) is 102 Å². The molecule has 1 heterocycles. The first-order valence-corrected chi connectivity index (χ1v) is 21.5. The quantitative estimate of drug-likeness (QED) is 0.147. The third-order valence-electron chi connectivity index (χ3n) is 19.6. The van der Waals surface area contributed by atoms with Crippen LogP contribution in [0.3, 0.4) is 0 Å². The zero-order valence-corrected chi connectivity index (χ0v) is 48.1. The van der Waals surface area contributed by atoms with E-state index in [1.165, 1.54) is 22.3 Å². The molecule has 16 atom stereocenters. The number of hydrogen-bond donors (Lipinski definition) is 0. The third kappa shape index (κ3) is 4.84. The molecule has 0 bridgehead atoms. The fraction of sp³-hybridized carbons (Fsp3) is 0.481. The van der Waals surface area contributed by atoms with Gasteiger partial charge in [-0.25, -0.2) is 0 Å². The van der Waals surface area contributed by atoms with Crippen molar-refractivity contribution in [1.82, 2.24) is 0 Å². The van der Waals surface area contributed by atoms with Gasteiger partial charge in [-0.15, -0.1) is 22.3 Å². The molecule has 1 saturated heterocycles. The molecule has 0 amide bonds. The van der Waals surface area contributed by atoms with Crippen molar-refractivity contribution in [2.24, 2.45) is 59.2 Å². The van der Waals surface area contributed by atoms with E-state index >= 15 is 0 Å². The summed E-state index contributed by atoms with van der Waals surface area (Å²) in [6.07, 6.45) is 0. The molecule has 4 aromatic carbocycles. The first kappa shape index (κ1) is 47.7. The Bertz CT molecular complexity index is 2150. The van der Waals surface area contributed by atoms with E-state index < -0.39 is 5.60 Å². The third-order valence-corrected chi connectivity index (χ3v) is 19.6. The molecule has 294 valence electrons. The smallest absolute Gasteiger partial charge is 0.143 e. The summed E-state index contributed by atoms with van der Waals surface area (Å²) in [4.78, 5) is 0. The number of allylic oxidation sites excluding steroid dienone is 2. The first-order valence-electron chi connectivity index (χ1n) is 21.5. The van der Waals surface area contributed by atoms with Crippen molar-refractivity contribution in [3.05, 3.63) is 166 Å². The van der Waals surface area contributed by atoms with E-state index in [9.17, 15) is 0 Å². The fourth-order valence-corrected chi connectivity index (χ4v) is 17.2. The van der Waals surface area contributed by atoms with Gasteiger partial charge in [0.1, 0.15) is 11.2 Å². The Hall–Kier alpha value is 0.736. The zero-order chi connectivity index (χ0) is 38.2. The Morgan fingerprint density at radius 2 is 0.559 bits per heavy atom. The van der Waals surface area contributed by atoms with Gasteiger partial charge in [-0.3, -0.25) is 0 Å². The molecule has 4 fully saturated rings. The van der Waals surface area contributed by atoms with Gasteiger partial charge in [-0.1, -0.05) is 69.2 Å². The van der Waals surface area contributed by atoms with Gasteiger partial charge in [0.05, 0.1) is 0 Å². The molecule has 7 aliphatic rings. The molecule has 6 aliphatic carbocycles. The Morgan fingerprint density at radius 1 is 0.339 bits per heavy atom. The van der Waals surface area contributed by atoms with E-state index in [-0.39, 0.29) is 158 Å². The van der Waals surface area contributed by atoms with Crippen molar-refractivity contribution in [1.29, 1.82) is 0 Å². The first-order chi connectivity index (χ1) is 26.4. The summed E-state index contributed by atoms with van der Waals surface area (Å²) in [6.45, 7) is 26.3. The van der Waals surface area contributed by atoms with Gasteiger partial charge in [0.25, 0.3) is 0 Å². The van der Waals surface area contributed by atoms with E-state index in [2.05, 4.69) is 191 Å². The monoisotopic (exact) mass is 1080 g/mol. The van der Waals surface area contributed by atoms with Gasteiger partial charge < -0.3 is 4.74 Å². The minimum atomic E-state index is -0.487. The van der Waals surface area contributed by atoms with Crippen LogP contribution in [0.4, 0.5) is 0 Å². The molecule has 11 unspecified atom stereocenters. The molecule has 4 radical (unpaired) electrons. The van der Waals surface area contributed by atoms with Crippen molar-refractivity contribution in [2.75, 3.05) is 0 Å².